The quantitative estimate of drug-likeness (QED) is 0.654. The molecule has 21 heavy (non-hydrogen) atoms. The zero-order chi connectivity index (χ0) is 14.7. The van der Waals surface area contributed by atoms with Crippen LogP contribution in [0.1, 0.15) is 50.5 Å². The van der Waals surface area contributed by atoms with Gasteiger partial charge >= 0.3 is 0 Å². The zero-order valence-corrected chi connectivity index (χ0v) is 12.7. The van der Waals surface area contributed by atoms with Crippen molar-refractivity contribution in [1.82, 2.24) is 5.43 Å². The number of nitrogens with one attached hydrogen (secondary N) is 1. The molecule has 2 fully saturated rings. The van der Waals surface area contributed by atoms with Crippen molar-refractivity contribution in [2.24, 2.45) is 23.6 Å². The fourth-order valence-corrected chi connectivity index (χ4v) is 4.54. The predicted octanol–water partition coefficient (Wildman–Crippen LogP) is 3.81. The largest absolute Gasteiger partial charge is 0.271 e. The van der Waals surface area contributed by atoms with Crippen LogP contribution in [0.3, 0.4) is 0 Å². The molecule has 4 unspecified atom stereocenters. The van der Waals surface area contributed by atoms with Crippen molar-refractivity contribution < 1.29 is 4.39 Å². The van der Waals surface area contributed by atoms with E-state index in [1.54, 1.807) is 12.1 Å². The SMILES string of the molecule is NNC(Cc1ccccc1F)C1CCC2CCCCC2C1. The second kappa shape index (κ2) is 6.89. The second-order valence-corrected chi connectivity index (χ2v) is 6.95. The number of hydrazine groups is 1. The van der Waals surface area contributed by atoms with Gasteiger partial charge in [0.25, 0.3) is 0 Å². The van der Waals surface area contributed by atoms with Gasteiger partial charge in [-0.1, -0.05) is 43.9 Å². The lowest BCUT2D eigenvalue weighted by molar-refractivity contribution is 0.109. The van der Waals surface area contributed by atoms with Gasteiger partial charge in [0.05, 0.1) is 0 Å². The predicted molar refractivity (Wildman–Crippen MR) is 84.0 cm³/mol. The zero-order valence-electron chi connectivity index (χ0n) is 12.7. The van der Waals surface area contributed by atoms with E-state index < -0.39 is 0 Å². The lowest BCUT2D eigenvalue weighted by Crippen LogP contribution is -2.45. The maximum atomic E-state index is 13.9. The number of halogens is 1. The average Bonchev–Trinajstić information content (AvgIpc) is 2.54. The van der Waals surface area contributed by atoms with E-state index in [1.807, 2.05) is 12.1 Å². The highest BCUT2D eigenvalue weighted by molar-refractivity contribution is 5.18. The molecule has 0 bridgehead atoms. The lowest BCUT2D eigenvalue weighted by atomic mass is 9.65. The molecular weight excluding hydrogens is 263 g/mol. The van der Waals surface area contributed by atoms with Gasteiger partial charge in [-0.3, -0.25) is 11.3 Å². The molecule has 2 aliphatic rings. The number of benzene rings is 1. The molecule has 1 aromatic carbocycles. The molecule has 2 nitrogen and oxygen atoms in total. The molecule has 0 spiro atoms. The minimum Gasteiger partial charge on any atom is -0.271 e. The summed E-state index contributed by atoms with van der Waals surface area (Å²) in [7, 11) is 0. The Morgan fingerprint density at radius 2 is 1.86 bits per heavy atom. The molecule has 2 saturated carbocycles. The molecule has 0 saturated heterocycles. The Morgan fingerprint density at radius 3 is 2.62 bits per heavy atom. The number of fused-ring (bicyclic) bond motifs is 1. The summed E-state index contributed by atoms with van der Waals surface area (Å²) in [6.07, 6.45) is 10.2. The Labute approximate surface area is 127 Å². The van der Waals surface area contributed by atoms with E-state index in [1.165, 1.54) is 44.9 Å². The second-order valence-electron chi connectivity index (χ2n) is 6.95. The van der Waals surface area contributed by atoms with Gasteiger partial charge in [-0.2, -0.15) is 0 Å². The minimum absolute atomic E-state index is 0.107. The molecule has 2 aliphatic carbocycles. The van der Waals surface area contributed by atoms with Crippen molar-refractivity contribution in [3.05, 3.63) is 35.6 Å². The van der Waals surface area contributed by atoms with Gasteiger partial charge in [-0.05, 0) is 55.1 Å². The van der Waals surface area contributed by atoms with E-state index in [0.717, 1.165) is 17.4 Å². The highest BCUT2D eigenvalue weighted by Gasteiger charge is 2.35. The van der Waals surface area contributed by atoms with E-state index in [9.17, 15) is 4.39 Å². The van der Waals surface area contributed by atoms with Gasteiger partial charge in [-0.25, -0.2) is 4.39 Å². The molecule has 0 radical (unpaired) electrons. The van der Waals surface area contributed by atoms with Crippen molar-refractivity contribution in [2.45, 2.75) is 57.4 Å². The summed E-state index contributed by atoms with van der Waals surface area (Å²) >= 11 is 0. The summed E-state index contributed by atoms with van der Waals surface area (Å²) in [5, 5.41) is 0. The smallest absolute Gasteiger partial charge is 0.126 e. The Balaban J connectivity index is 1.65. The van der Waals surface area contributed by atoms with Crippen molar-refractivity contribution in [1.29, 1.82) is 0 Å². The Hall–Kier alpha value is -0.930. The van der Waals surface area contributed by atoms with Crippen LogP contribution >= 0.6 is 0 Å². The first-order chi connectivity index (χ1) is 10.3. The topological polar surface area (TPSA) is 38.0 Å². The third kappa shape index (κ3) is 3.46. The molecule has 0 heterocycles. The van der Waals surface area contributed by atoms with E-state index in [4.69, 9.17) is 5.84 Å². The number of rotatable bonds is 4. The van der Waals surface area contributed by atoms with E-state index in [-0.39, 0.29) is 11.9 Å². The molecule has 0 aliphatic heterocycles. The van der Waals surface area contributed by atoms with E-state index >= 15 is 0 Å². The summed E-state index contributed by atoms with van der Waals surface area (Å²) in [6.45, 7) is 0. The van der Waals surface area contributed by atoms with Gasteiger partial charge < -0.3 is 0 Å². The molecule has 3 N–H and O–H groups in total. The summed E-state index contributed by atoms with van der Waals surface area (Å²) < 4.78 is 13.9. The maximum absolute atomic E-state index is 13.9. The molecule has 0 aromatic heterocycles. The maximum Gasteiger partial charge on any atom is 0.126 e. The van der Waals surface area contributed by atoms with E-state index in [0.29, 0.717) is 12.3 Å². The molecule has 1 aromatic rings. The highest BCUT2D eigenvalue weighted by atomic mass is 19.1. The van der Waals surface area contributed by atoms with Crippen LogP contribution in [0.25, 0.3) is 0 Å². The van der Waals surface area contributed by atoms with Crippen LogP contribution in [0.15, 0.2) is 24.3 Å². The Morgan fingerprint density at radius 1 is 1.10 bits per heavy atom. The minimum atomic E-state index is -0.107. The van der Waals surface area contributed by atoms with Crippen LogP contribution < -0.4 is 11.3 Å². The summed E-state index contributed by atoms with van der Waals surface area (Å²) in [4.78, 5) is 0. The van der Waals surface area contributed by atoms with Crippen LogP contribution in [-0.4, -0.2) is 6.04 Å². The fourth-order valence-electron chi connectivity index (χ4n) is 4.54. The molecule has 3 heteroatoms. The van der Waals surface area contributed by atoms with Crippen molar-refractivity contribution >= 4 is 0 Å². The highest BCUT2D eigenvalue weighted by Crippen LogP contribution is 2.43. The molecule has 4 atom stereocenters. The summed E-state index contributed by atoms with van der Waals surface area (Å²) in [5.74, 6) is 8.11. The number of nitrogens with two attached hydrogens (primary N) is 1. The van der Waals surface area contributed by atoms with Crippen LogP contribution in [0.5, 0.6) is 0 Å². The number of hydrogen-bond acceptors (Lipinski definition) is 2. The van der Waals surface area contributed by atoms with Crippen molar-refractivity contribution in [3.8, 4) is 0 Å². The molecule has 3 rings (SSSR count). The third-order valence-electron chi connectivity index (χ3n) is 5.76. The monoisotopic (exact) mass is 290 g/mol. The first kappa shape index (κ1) is 15.0. The van der Waals surface area contributed by atoms with Gasteiger partial charge in [0.1, 0.15) is 5.82 Å². The molecular formula is C18H27FN2. The standard InChI is InChI=1S/C18H27FN2/c19-17-8-4-3-7-15(17)12-18(21-20)16-10-9-13-5-1-2-6-14(13)11-16/h3-4,7-8,13-14,16,18,21H,1-2,5-6,9-12,20H2. The Kier molecular flexibility index (Phi) is 4.91. The van der Waals surface area contributed by atoms with Gasteiger partial charge in [0, 0.05) is 6.04 Å². The van der Waals surface area contributed by atoms with Crippen LogP contribution in [0.2, 0.25) is 0 Å². The van der Waals surface area contributed by atoms with Crippen LogP contribution in [-0.2, 0) is 6.42 Å². The summed E-state index contributed by atoms with van der Waals surface area (Å²) in [5.41, 5.74) is 3.76. The fraction of sp³-hybridized carbons (Fsp3) is 0.667. The Bertz CT molecular complexity index is 462. The first-order valence-electron chi connectivity index (χ1n) is 8.47. The lowest BCUT2D eigenvalue weighted by Gasteiger charge is -2.42. The van der Waals surface area contributed by atoms with Gasteiger partial charge in [0.15, 0.2) is 0 Å². The third-order valence-corrected chi connectivity index (χ3v) is 5.76. The van der Waals surface area contributed by atoms with Gasteiger partial charge in [-0.15, -0.1) is 0 Å². The normalized spacial score (nSPS) is 30.7. The summed E-state index contributed by atoms with van der Waals surface area (Å²) in [6, 6.07) is 7.28. The average molecular weight is 290 g/mol. The molecule has 116 valence electrons. The van der Waals surface area contributed by atoms with Crippen LogP contribution in [0, 0.1) is 23.6 Å². The van der Waals surface area contributed by atoms with Gasteiger partial charge in [0.2, 0.25) is 0 Å². The first-order valence-corrected chi connectivity index (χ1v) is 8.47. The molecule has 0 amide bonds. The van der Waals surface area contributed by atoms with Crippen LogP contribution in [0.4, 0.5) is 4.39 Å². The van der Waals surface area contributed by atoms with E-state index in [2.05, 4.69) is 5.43 Å². The van der Waals surface area contributed by atoms with Crippen molar-refractivity contribution in [2.75, 3.05) is 0 Å². The van der Waals surface area contributed by atoms with Crippen molar-refractivity contribution in [3.63, 3.8) is 0 Å². The number of hydrogen-bond donors (Lipinski definition) is 2.